The summed E-state index contributed by atoms with van der Waals surface area (Å²) in [5, 5.41) is 23.1. The highest BCUT2D eigenvalue weighted by Gasteiger charge is 2.18. The van der Waals surface area contributed by atoms with Gasteiger partial charge in [-0.05, 0) is 32.1 Å². The van der Waals surface area contributed by atoms with Crippen molar-refractivity contribution in [3.05, 3.63) is 12.2 Å². The van der Waals surface area contributed by atoms with Crippen molar-refractivity contribution >= 4 is 11.9 Å². The number of aliphatic hydroxyl groups excluding tert-OH is 2. The molecular formula is C56H109NO5. The number of ether oxygens (including phenoxy) is 1. The molecule has 0 bridgehead atoms. The largest absolute Gasteiger partial charge is 0.466 e. The predicted octanol–water partition coefficient (Wildman–Crippen LogP) is 16.9. The lowest BCUT2D eigenvalue weighted by Gasteiger charge is -2.20. The summed E-state index contributed by atoms with van der Waals surface area (Å²) >= 11 is 0. The Morgan fingerprint density at radius 3 is 1.10 bits per heavy atom. The fraction of sp³-hybridized carbons (Fsp3) is 0.929. The van der Waals surface area contributed by atoms with E-state index in [0.29, 0.717) is 19.4 Å². The normalized spacial score (nSPS) is 12.6. The van der Waals surface area contributed by atoms with Gasteiger partial charge in [-0.1, -0.05) is 276 Å². The first kappa shape index (κ1) is 60.6. The Hall–Kier alpha value is -1.40. The smallest absolute Gasteiger partial charge is 0.305 e. The molecule has 0 saturated carbocycles. The molecule has 2 atom stereocenters. The van der Waals surface area contributed by atoms with E-state index < -0.39 is 12.1 Å². The maximum absolute atomic E-state index is 12.5. The standard InChI is InChI=1S/C56H109NO5/c1-3-5-7-9-11-13-15-17-18-19-20-21-22-25-28-32-36-40-44-48-54(59)53(52-58)57-55(60)49-45-41-37-33-29-26-23-24-27-31-35-39-43-47-51-62-56(61)50-46-42-38-34-30-16-14-12-10-8-6-4-2/h44,48,53-54,58-59H,3-43,45-47,49-52H2,1-2H3,(H,57,60)/b48-44+. The van der Waals surface area contributed by atoms with Crippen LogP contribution in [0, 0.1) is 0 Å². The second kappa shape index (κ2) is 52.2. The molecule has 368 valence electrons. The maximum atomic E-state index is 12.5. The minimum Gasteiger partial charge on any atom is -0.466 e. The highest BCUT2D eigenvalue weighted by atomic mass is 16.5. The van der Waals surface area contributed by atoms with E-state index in [1.165, 1.54) is 225 Å². The number of allylic oxidation sites excluding steroid dienone is 1. The van der Waals surface area contributed by atoms with E-state index in [2.05, 4.69) is 19.2 Å². The number of hydrogen-bond acceptors (Lipinski definition) is 5. The van der Waals surface area contributed by atoms with Crippen LogP contribution in [-0.2, 0) is 14.3 Å². The number of rotatable bonds is 52. The number of hydrogen-bond donors (Lipinski definition) is 3. The van der Waals surface area contributed by atoms with Gasteiger partial charge in [0.15, 0.2) is 0 Å². The summed E-state index contributed by atoms with van der Waals surface area (Å²) in [5.41, 5.74) is 0. The molecule has 6 nitrogen and oxygen atoms in total. The second-order valence-corrected chi connectivity index (χ2v) is 19.3. The van der Waals surface area contributed by atoms with Gasteiger partial charge in [0.05, 0.1) is 25.4 Å². The number of esters is 1. The molecule has 0 rings (SSSR count). The summed E-state index contributed by atoms with van der Waals surface area (Å²) in [6.45, 7) is 4.90. The molecule has 0 aliphatic carbocycles. The number of unbranched alkanes of at least 4 members (excludes halogenated alkanes) is 41. The van der Waals surface area contributed by atoms with E-state index in [1.807, 2.05) is 6.08 Å². The van der Waals surface area contributed by atoms with Crippen molar-refractivity contribution in [1.29, 1.82) is 0 Å². The molecule has 0 aromatic heterocycles. The average Bonchev–Trinajstić information content (AvgIpc) is 3.27. The third kappa shape index (κ3) is 48.1. The van der Waals surface area contributed by atoms with Gasteiger partial charge in [0.1, 0.15) is 0 Å². The van der Waals surface area contributed by atoms with Gasteiger partial charge in [-0.15, -0.1) is 0 Å². The van der Waals surface area contributed by atoms with Crippen LogP contribution in [0.4, 0.5) is 0 Å². The molecule has 0 radical (unpaired) electrons. The Bertz CT molecular complexity index is 924. The molecule has 62 heavy (non-hydrogen) atoms. The van der Waals surface area contributed by atoms with Crippen molar-refractivity contribution in [3.8, 4) is 0 Å². The summed E-state index contributed by atoms with van der Waals surface area (Å²) in [5.74, 6) is -0.0778. The minimum atomic E-state index is -0.851. The Balaban J connectivity index is 3.47. The summed E-state index contributed by atoms with van der Waals surface area (Å²) in [4.78, 5) is 24.5. The van der Waals surface area contributed by atoms with Gasteiger partial charge in [0.2, 0.25) is 5.91 Å². The van der Waals surface area contributed by atoms with Gasteiger partial charge in [0, 0.05) is 12.8 Å². The van der Waals surface area contributed by atoms with Gasteiger partial charge < -0.3 is 20.3 Å². The third-order valence-corrected chi connectivity index (χ3v) is 13.1. The van der Waals surface area contributed by atoms with Gasteiger partial charge >= 0.3 is 5.97 Å². The van der Waals surface area contributed by atoms with Crippen molar-refractivity contribution in [2.24, 2.45) is 0 Å². The van der Waals surface area contributed by atoms with Crippen LogP contribution in [0.2, 0.25) is 0 Å². The third-order valence-electron chi connectivity index (χ3n) is 13.1. The van der Waals surface area contributed by atoms with E-state index in [-0.39, 0.29) is 18.5 Å². The highest BCUT2D eigenvalue weighted by Crippen LogP contribution is 2.17. The van der Waals surface area contributed by atoms with Gasteiger partial charge in [-0.2, -0.15) is 0 Å². The molecule has 0 spiro atoms. The Kier molecular flexibility index (Phi) is 51.0. The van der Waals surface area contributed by atoms with Gasteiger partial charge in [0.25, 0.3) is 0 Å². The number of carbonyl (C=O) groups is 2. The van der Waals surface area contributed by atoms with Crippen LogP contribution >= 0.6 is 0 Å². The van der Waals surface area contributed by atoms with Crippen molar-refractivity contribution in [3.63, 3.8) is 0 Å². The molecular weight excluding hydrogens is 767 g/mol. The monoisotopic (exact) mass is 876 g/mol. The maximum Gasteiger partial charge on any atom is 0.305 e. The molecule has 0 heterocycles. The quantitative estimate of drug-likeness (QED) is 0.0321. The first-order valence-electron chi connectivity index (χ1n) is 28.0. The fourth-order valence-corrected chi connectivity index (χ4v) is 8.75. The summed E-state index contributed by atoms with van der Waals surface area (Å²) in [7, 11) is 0. The lowest BCUT2D eigenvalue weighted by molar-refractivity contribution is -0.143. The zero-order valence-corrected chi connectivity index (χ0v) is 41.9. The average molecular weight is 876 g/mol. The van der Waals surface area contributed by atoms with Crippen LogP contribution in [0.25, 0.3) is 0 Å². The Morgan fingerprint density at radius 1 is 0.435 bits per heavy atom. The van der Waals surface area contributed by atoms with Crippen LogP contribution < -0.4 is 5.32 Å². The molecule has 2 unspecified atom stereocenters. The van der Waals surface area contributed by atoms with Crippen molar-refractivity contribution in [2.75, 3.05) is 13.2 Å². The van der Waals surface area contributed by atoms with Crippen LogP contribution in [-0.4, -0.2) is 47.4 Å². The molecule has 0 aromatic rings. The van der Waals surface area contributed by atoms with E-state index in [4.69, 9.17) is 4.74 Å². The molecule has 0 aliphatic heterocycles. The van der Waals surface area contributed by atoms with Crippen molar-refractivity contribution in [1.82, 2.24) is 5.32 Å². The van der Waals surface area contributed by atoms with Gasteiger partial charge in [-0.25, -0.2) is 0 Å². The summed E-state index contributed by atoms with van der Waals surface area (Å²) in [6, 6.07) is -0.635. The lowest BCUT2D eigenvalue weighted by Crippen LogP contribution is -2.45. The molecule has 1 amide bonds. The van der Waals surface area contributed by atoms with Crippen LogP contribution in [0.5, 0.6) is 0 Å². The number of amides is 1. The molecule has 0 aliphatic rings. The summed E-state index contributed by atoms with van der Waals surface area (Å²) < 4.78 is 5.46. The lowest BCUT2D eigenvalue weighted by atomic mass is 10.0. The number of nitrogens with one attached hydrogen (secondary N) is 1. The minimum absolute atomic E-state index is 0.00219. The highest BCUT2D eigenvalue weighted by molar-refractivity contribution is 5.76. The SMILES string of the molecule is CCCCCCCCCCCCCCCCCCC/C=C/C(O)C(CO)NC(=O)CCCCCCCCCCCCCCCCOC(=O)CCCCCCCCCCCCCC. The van der Waals surface area contributed by atoms with Crippen molar-refractivity contribution in [2.45, 2.75) is 321 Å². The molecule has 0 fully saturated rings. The zero-order valence-electron chi connectivity index (χ0n) is 41.9. The number of carbonyl (C=O) groups excluding carboxylic acids is 2. The van der Waals surface area contributed by atoms with Crippen LogP contribution in [0.1, 0.15) is 309 Å². The second-order valence-electron chi connectivity index (χ2n) is 19.3. The van der Waals surface area contributed by atoms with E-state index in [0.717, 1.165) is 57.8 Å². The van der Waals surface area contributed by atoms with Gasteiger partial charge in [-0.3, -0.25) is 9.59 Å². The van der Waals surface area contributed by atoms with Crippen LogP contribution in [0.15, 0.2) is 12.2 Å². The first-order chi connectivity index (χ1) is 30.5. The predicted molar refractivity (Wildman–Crippen MR) is 269 cm³/mol. The van der Waals surface area contributed by atoms with E-state index in [9.17, 15) is 19.8 Å². The Morgan fingerprint density at radius 2 is 0.742 bits per heavy atom. The molecule has 0 saturated heterocycles. The van der Waals surface area contributed by atoms with Crippen molar-refractivity contribution < 1.29 is 24.5 Å². The van der Waals surface area contributed by atoms with E-state index in [1.54, 1.807) is 6.08 Å². The fourth-order valence-electron chi connectivity index (χ4n) is 8.75. The molecule has 3 N–H and O–H groups in total. The zero-order chi connectivity index (χ0) is 45.1. The van der Waals surface area contributed by atoms with E-state index >= 15 is 0 Å². The summed E-state index contributed by atoms with van der Waals surface area (Å²) in [6.07, 6.45) is 60.8. The Labute approximate surface area is 387 Å². The first-order valence-corrected chi connectivity index (χ1v) is 28.0. The molecule has 0 aromatic carbocycles. The van der Waals surface area contributed by atoms with Crippen LogP contribution in [0.3, 0.4) is 0 Å². The number of aliphatic hydroxyl groups is 2. The molecule has 6 heteroatoms. The topological polar surface area (TPSA) is 95.9 Å².